The van der Waals surface area contributed by atoms with Crippen molar-refractivity contribution in [1.82, 2.24) is 29.7 Å². The van der Waals surface area contributed by atoms with Crippen molar-refractivity contribution in [2.75, 3.05) is 70.5 Å². The third-order valence-electron chi connectivity index (χ3n) is 13.9. The Morgan fingerprint density at radius 3 is 1.89 bits per heavy atom. The van der Waals surface area contributed by atoms with Gasteiger partial charge in [0.2, 0.25) is 11.2 Å². The van der Waals surface area contributed by atoms with Gasteiger partial charge in [-0.3, -0.25) is 9.80 Å². The minimum Gasteiger partial charge on any atom is -0.399 e. The van der Waals surface area contributed by atoms with E-state index in [4.69, 9.17) is 34.0 Å². The van der Waals surface area contributed by atoms with Crippen LogP contribution in [0.4, 0.5) is 75.5 Å². The summed E-state index contributed by atoms with van der Waals surface area (Å²) in [6.45, 7) is 11.5. The van der Waals surface area contributed by atoms with Gasteiger partial charge in [0.05, 0.1) is 41.6 Å². The van der Waals surface area contributed by atoms with E-state index >= 15 is 0 Å². The number of piperidine rings is 2. The van der Waals surface area contributed by atoms with Gasteiger partial charge in [-0.15, -0.1) is 11.6 Å². The molecule has 396 valence electrons. The van der Waals surface area contributed by atoms with Crippen molar-refractivity contribution in [2.45, 2.75) is 139 Å². The number of hydrogen-bond donors (Lipinski definition) is 7. The maximum Gasteiger partial charge on any atom is 0.418 e. The zero-order valence-electron chi connectivity index (χ0n) is 40.4. The van der Waals surface area contributed by atoms with E-state index < -0.39 is 47.3 Å². The molecule has 1 unspecified atom stereocenters. The molecular weight excluding hydrogens is 999 g/mol. The molecule has 2 aromatic carbocycles. The van der Waals surface area contributed by atoms with Crippen molar-refractivity contribution in [3.8, 4) is 0 Å². The van der Waals surface area contributed by atoms with Crippen molar-refractivity contribution < 1.29 is 45.3 Å². The standard InChI is InChI=1S/C24H31ClF4N6O.C14H20ClFN4.C10H11F3N2O/c1-23(2)10-15(8-16-4-3-7-35(16)23)32-21-19(26)13-31-22(34-21)33-14-5-6-20(30-12-17(36)11-25)18(9-14)24(27,28)29;1-14(2)7-9(6-10-4-3-5-20(10)14)18-12-11(16)8-17-13(15)19-12;11-10(12,13)8-3-6(14)1-2-9(8)15-4-7(16)5-15/h5-6,9,13,15-17,30,36H,3-4,7-8,10-12H2,1-2H3,(H2,31,32,33,34);8-10H,3-7H2,1-2H3,(H,17,18,19);1-3,7,16H,4-5,14H2/t15-,16+,17?;9-,10+;/m11./s1. The number of aliphatic hydroxyl groups is 2. The summed E-state index contributed by atoms with van der Waals surface area (Å²) in [6, 6.07) is 8.53. The summed E-state index contributed by atoms with van der Waals surface area (Å²) in [4.78, 5) is 22.3. The molecule has 5 aliphatic rings. The lowest BCUT2D eigenvalue weighted by Gasteiger charge is -2.47. The number of nitrogen functional groups attached to an aromatic ring is 1. The van der Waals surface area contributed by atoms with Crippen LogP contribution in [-0.4, -0.2) is 126 Å². The largest absolute Gasteiger partial charge is 0.418 e. The number of aromatic nitrogens is 4. The van der Waals surface area contributed by atoms with Gasteiger partial charge in [-0.05, 0) is 140 Å². The maximum atomic E-state index is 14.6. The Kier molecular flexibility index (Phi) is 17.1. The van der Waals surface area contributed by atoms with Crippen LogP contribution in [-0.2, 0) is 12.4 Å². The van der Waals surface area contributed by atoms with Crippen molar-refractivity contribution in [3.05, 3.63) is 76.8 Å². The molecular formula is C48H62Cl2F8N12O2. The molecule has 0 amide bonds. The Morgan fingerprint density at radius 2 is 1.35 bits per heavy atom. The van der Waals surface area contributed by atoms with Crippen molar-refractivity contribution in [1.29, 1.82) is 0 Å². The number of rotatable bonds is 11. The average Bonchev–Trinajstić information content (AvgIpc) is 3.98. The summed E-state index contributed by atoms with van der Waals surface area (Å²) >= 11 is 11.3. The van der Waals surface area contributed by atoms with Crippen LogP contribution in [0, 0.1) is 11.6 Å². The van der Waals surface area contributed by atoms with Crippen LogP contribution >= 0.6 is 23.2 Å². The van der Waals surface area contributed by atoms with Crippen LogP contribution in [0.1, 0.15) is 90.2 Å². The fraction of sp³-hybridized carbons (Fsp3) is 0.583. The second kappa shape index (κ2) is 22.4. The number of nitrogens with zero attached hydrogens (tertiary/aromatic N) is 7. The topological polar surface area (TPSA) is 176 Å². The first kappa shape index (κ1) is 55.0. The SMILES string of the molecule is CC1(C)C[C@H](Nc2nc(Cl)ncc2F)C[C@@H]2CCCN21.CC1(C)C[C@H](Nc2nc(Nc3ccc(NCC(O)CCl)c(C(F)(F)F)c3)ncc2F)C[C@@H]2CCCN21.Nc1ccc(N2CC(O)C2)c(C(F)(F)F)c1. The molecule has 8 N–H and O–H groups in total. The summed E-state index contributed by atoms with van der Waals surface area (Å²) in [7, 11) is 0. The maximum absolute atomic E-state index is 14.6. The molecule has 5 aliphatic heterocycles. The van der Waals surface area contributed by atoms with E-state index in [1.165, 1.54) is 48.6 Å². The highest BCUT2D eigenvalue weighted by Gasteiger charge is 2.45. The highest BCUT2D eigenvalue weighted by Crippen LogP contribution is 2.42. The Bertz CT molecular complexity index is 2480. The minimum absolute atomic E-state index is 0.0159. The van der Waals surface area contributed by atoms with Crippen molar-refractivity contribution in [2.24, 2.45) is 0 Å². The summed E-state index contributed by atoms with van der Waals surface area (Å²) in [5, 5.41) is 30.5. The molecule has 72 heavy (non-hydrogen) atoms. The molecule has 9 rings (SSSR count). The minimum atomic E-state index is -4.65. The van der Waals surface area contributed by atoms with E-state index in [1.54, 1.807) is 0 Å². The summed E-state index contributed by atoms with van der Waals surface area (Å²) in [6.07, 6.45) is -0.0391. The summed E-state index contributed by atoms with van der Waals surface area (Å²) in [5.41, 5.74) is 3.83. The number of nitrogens with two attached hydrogens (primary N) is 1. The fourth-order valence-corrected chi connectivity index (χ4v) is 11.0. The molecule has 0 radical (unpaired) electrons. The van der Waals surface area contributed by atoms with Crippen molar-refractivity contribution in [3.63, 3.8) is 0 Å². The zero-order valence-corrected chi connectivity index (χ0v) is 41.9. The molecule has 0 spiro atoms. The van der Waals surface area contributed by atoms with E-state index in [9.17, 15) is 40.2 Å². The molecule has 0 saturated carbocycles. The Hall–Kier alpha value is -4.74. The predicted molar refractivity (Wildman–Crippen MR) is 264 cm³/mol. The van der Waals surface area contributed by atoms with Crippen LogP contribution < -0.4 is 31.9 Å². The lowest BCUT2D eigenvalue weighted by Crippen LogP contribution is -2.55. The van der Waals surface area contributed by atoms with E-state index in [0.29, 0.717) is 12.1 Å². The predicted octanol–water partition coefficient (Wildman–Crippen LogP) is 9.76. The molecule has 4 aromatic rings. The van der Waals surface area contributed by atoms with Crippen molar-refractivity contribution >= 4 is 63.5 Å². The number of β-amino-alcohol motifs (C(OH)–C–C–N with tert-alkyl or cyclic N) is 1. The molecule has 5 fully saturated rings. The molecule has 24 heteroatoms. The van der Waals surface area contributed by atoms with Gasteiger partial charge in [0.15, 0.2) is 23.3 Å². The third-order valence-corrected chi connectivity index (χ3v) is 14.4. The number of hydrogen-bond acceptors (Lipinski definition) is 14. The van der Waals surface area contributed by atoms with Gasteiger partial charge in [-0.2, -0.15) is 36.3 Å². The van der Waals surface area contributed by atoms with Gasteiger partial charge < -0.3 is 42.1 Å². The third kappa shape index (κ3) is 13.7. The lowest BCUT2D eigenvalue weighted by atomic mass is 9.84. The molecule has 5 atom stereocenters. The van der Waals surface area contributed by atoms with E-state index in [-0.39, 0.29) is 94.3 Å². The first-order valence-corrected chi connectivity index (χ1v) is 24.8. The molecule has 0 bridgehead atoms. The normalized spacial score (nSPS) is 23.3. The van der Waals surface area contributed by atoms with Gasteiger partial charge in [-0.1, -0.05) is 0 Å². The highest BCUT2D eigenvalue weighted by atomic mass is 35.5. The van der Waals surface area contributed by atoms with Gasteiger partial charge in [0.25, 0.3) is 0 Å². The van der Waals surface area contributed by atoms with Gasteiger partial charge >= 0.3 is 12.4 Å². The van der Waals surface area contributed by atoms with Crippen LogP contribution in [0.3, 0.4) is 0 Å². The highest BCUT2D eigenvalue weighted by molar-refractivity contribution is 6.28. The molecule has 2 aromatic heterocycles. The van der Waals surface area contributed by atoms with Crippen LogP contribution in [0.5, 0.6) is 0 Å². The summed E-state index contributed by atoms with van der Waals surface area (Å²) < 4.78 is 107. The second-order valence-corrected chi connectivity index (χ2v) is 20.9. The zero-order chi connectivity index (χ0) is 52.3. The smallest absolute Gasteiger partial charge is 0.399 e. The van der Waals surface area contributed by atoms with Crippen LogP contribution in [0.25, 0.3) is 0 Å². The number of aliphatic hydroxyl groups excluding tert-OH is 2. The number of halogens is 10. The van der Waals surface area contributed by atoms with E-state index in [0.717, 1.165) is 69.6 Å². The molecule has 14 nitrogen and oxygen atoms in total. The Balaban J connectivity index is 0.000000176. The Labute approximate surface area is 423 Å². The second-order valence-electron chi connectivity index (χ2n) is 20.3. The average molecular weight is 1060 g/mol. The van der Waals surface area contributed by atoms with Crippen LogP contribution in [0.2, 0.25) is 5.28 Å². The first-order valence-electron chi connectivity index (χ1n) is 23.9. The monoisotopic (exact) mass is 1060 g/mol. The number of benzene rings is 2. The lowest BCUT2D eigenvalue weighted by molar-refractivity contribution is -0.137. The molecule has 0 aliphatic carbocycles. The van der Waals surface area contributed by atoms with Gasteiger partial charge in [0.1, 0.15) is 0 Å². The summed E-state index contributed by atoms with van der Waals surface area (Å²) in [5.74, 6) is -0.963. The van der Waals surface area contributed by atoms with E-state index in [1.807, 2.05) is 0 Å². The Morgan fingerprint density at radius 1 is 0.792 bits per heavy atom. The number of alkyl halides is 7. The molecule has 7 heterocycles. The number of anilines is 7. The number of fused-ring (bicyclic) bond motifs is 2. The first-order chi connectivity index (χ1) is 33.8. The van der Waals surface area contributed by atoms with Gasteiger partial charge in [-0.25, -0.2) is 18.7 Å². The van der Waals surface area contributed by atoms with Gasteiger partial charge in [0, 0.05) is 77.6 Å². The van der Waals surface area contributed by atoms with Crippen LogP contribution in [0.15, 0.2) is 48.8 Å². The number of nitrogens with one attached hydrogen (secondary N) is 4. The quantitative estimate of drug-likeness (QED) is 0.0327. The molecule has 5 saturated heterocycles. The van der Waals surface area contributed by atoms with E-state index in [2.05, 4.69) is 78.7 Å². The fourth-order valence-electron chi connectivity index (χ4n) is 10.7.